The summed E-state index contributed by atoms with van der Waals surface area (Å²) in [6.07, 6.45) is 1.43. The number of esters is 1. The quantitative estimate of drug-likeness (QED) is 0.430. The molecule has 158 valence electrons. The number of cyclic esters (lactones) is 1. The number of halogens is 1. The fraction of sp³-hybridized carbons (Fsp3) is 0.130. The van der Waals surface area contributed by atoms with Crippen LogP contribution < -0.4 is 14.2 Å². The van der Waals surface area contributed by atoms with Crippen LogP contribution in [0.25, 0.3) is 17.4 Å². The molecule has 2 heterocycles. The van der Waals surface area contributed by atoms with Gasteiger partial charge in [0.25, 0.3) is 0 Å². The molecule has 7 nitrogen and oxygen atoms in total. The average Bonchev–Trinajstić information content (AvgIpc) is 3.40. The molecule has 0 bridgehead atoms. The smallest absolute Gasteiger partial charge is 0.363 e. The molecule has 0 atom stereocenters. The molecule has 0 fully saturated rings. The Kier molecular flexibility index (Phi) is 5.44. The normalized spacial score (nSPS) is 14.4. The fourth-order valence-electron chi connectivity index (χ4n) is 3.11. The summed E-state index contributed by atoms with van der Waals surface area (Å²) in [4.78, 5) is 16.6. The Balaban J connectivity index is 1.67. The molecular formula is C23H18FNO6. The molecule has 0 N–H and O–H groups in total. The van der Waals surface area contributed by atoms with Crippen LogP contribution in [0.4, 0.5) is 4.39 Å². The molecule has 3 aromatic rings. The number of benzene rings is 2. The van der Waals surface area contributed by atoms with Crippen molar-refractivity contribution in [3.8, 4) is 28.6 Å². The van der Waals surface area contributed by atoms with Gasteiger partial charge in [-0.05, 0) is 36.4 Å². The third-order valence-electron chi connectivity index (χ3n) is 4.58. The summed E-state index contributed by atoms with van der Waals surface area (Å²) in [5, 5.41) is 0. The van der Waals surface area contributed by atoms with Gasteiger partial charge in [-0.2, -0.15) is 0 Å². The Labute approximate surface area is 177 Å². The van der Waals surface area contributed by atoms with Crippen LogP contribution in [0.3, 0.4) is 0 Å². The van der Waals surface area contributed by atoms with Crippen LogP contribution in [0.5, 0.6) is 17.2 Å². The van der Waals surface area contributed by atoms with Crippen LogP contribution in [0.2, 0.25) is 0 Å². The molecular weight excluding hydrogens is 405 g/mol. The second-order valence-corrected chi connectivity index (χ2v) is 6.43. The minimum absolute atomic E-state index is 0.0400. The lowest BCUT2D eigenvalue weighted by molar-refractivity contribution is -0.129. The molecule has 0 radical (unpaired) electrons. The monoisotopic (exact) mass is 423 g/mol. The van der Waals surface area contributed by atoms with Crippen molar-refractivity contribution in [3.63, 3.8) is 0 Å². The summed E-state index contributed by atoms with van der Waals surface area (Å²) < 4.78 is 40.9. The van der Waals surface area contributed by atoms with Crippen LogP contribution in [0.15, 0.2) is 63.6 Å². The van der Waals surface area contributed by atoms with E-state index in [0.29, 0.717) is 39.9 Å². The molecule has 2 aromatic carbocycles. The number of hydrogen-bond donors (Lipinski definition) is 0. The number of methoxy groups -OCH3 is 3. The van der Waals surface area contributed by atoms with Gasteiger partial charge in [-0.3, -0.25) is 0 Å². The molecule has 1 aliphatic rings. The van der Waals surface area contributed by atoms with Crippen molar-refractivity contribution in [2.24, 2.45) is 4.99 Å². The van der Waals surface area contributed by atoms with Crippen molar-refractivity contribution in [2.75, 3.05) is 21.3 Å². The highest BCUT2D eigenvalue weighted by atomic mass is 19.1. The molecule has 1 aromatic heterocycles. The standard InChI is InChI=1S/C23H18FNO6/c1-27-19-10-13(11-20(28-2)21(19)29-3)22-25-17(23(26)31-22)12-14-8-9-18(30-14)15-6-4-5-7-16(15)24/h4-12H,1-3H3. The lowest BCUT2D eigenvalue weighted by atomic mass is 10.1. The van der Waals surface area contributed by atoms with Crippen LogP contribution in [-0.2, 0) is 9.53 Å². The highest BCUT2D eigenvalue weighted by molar-refractivity contribution is 6.13. The predicted octanol–water partition coefficient (Wildman–Crippen LogP) is 4.46. The summed E-state index contributed by atoms with van der Waals surface area (Å²) in [6.45, 7) is 0. The predicted molar refractivity (Wildman–Crippen MR) is 111 cm³/mol. The van der Waals surface area contributed by atoms with Gasteiger partial charge < -0.3 is 23.4 Å². The summed E-state index contributed by atoms with van der Waals surface area (Å²) in [6, 6.07) is 12.7. The average molecular weight is 423 g/mol. The molecule has 0 saturated heterocycles. The van der Waals surface area contributed by atoms with Crippen molar-refractivity contribution in [2.45, 2.75) is 0 Å². The van der Waals surface area contributed by atoms with E-state index in [1.54, 1.807) is 42.5 Å². The highest BCUT2D eigenvalue weighted by Crippen LogP contribution is 2.39. The van der Waals surface area contributed by atoms with Gasteiger partial charge in [0.15, 0.2) is 17.2 Å². The van der Waals surface area contributed by atoms with E-state index in [-0.39, 0.29) is 11.6 Å². The van der Waals surface area contributed by atoms with Gasteiger partial charge >= 0.3 is 5.97 Å². The summed E-state index contributed by atoms with van der Waals surface area (Å²) in [5.41, 5.74) is 0.832. The van der Waals surface area contributed by atoms with E-state index >= 15 is 0 Å². The van der Waals surface area contributed by atoms with Gasteiger partial charge in [-0.15, -0.1) is 0 Å². The van der Waals surface area contributed by atoms with E-state index in [1.807, 2.05) is 0 Å². The molecule has 0 unspecified atom stereocenters. The summed E-state index contributed by atoms with van der Waals surface area (Å²) >= 11 is 0. The second-order valence-electron chi connectivity index (χ2n) is 6.43. The first-order chi connectivity index (χ1) is 15.0. The molecule has 0 amide bonds. The van der Waals surface area contributed by atoms with Gasteiger partial charge in [0.2, 0.25) is 11.6 Å². The molecule has 0 saturated carbocycles. The zero-order valence-corrected chi connectivity index (χ0v) is 17.0. The maximum absolute atomic E-state index is 14.0. The maximum Gasteiger partial charge on any atom is 0.363 e. The molecule has 1 aliphatic heterocycles. The number of rotatable bonds is 6. The molecule has 4 rings (SSSR count). The van der Waals surface area contributed by atoms with E-state index in [4.69, 9.17) is 23.4 Å². The van der Waals surface area contributed by atoms with Gasteiger partial charge in [0.05, 0.1) is 26.9 Å². The van der Waals surface area contributed by atoms with Gasteiger partial charge in [-0.1, -0.05) is 12.1 Å². The first-order valence-electron chi connectivity index (χ1n) is 9.21. The number of hydrogen-bond acceptors (Lipinski definition) is 7. The number of nitrogens with zero attached hydrogens (tertiary/aromatic N) is 1. The SMILES string of the molecule is COc1cc(C2=NC(=Cc3ccc(-c4ccccc4F)o3)C(=O)O2)cc(OC)c1OC. The Morgan fingerprint density at radius 2 is 1.68 bits per heavy atom. The van der Waals surface area contributed by atoms with E-state index in [1.165, 1.54) is 33.5 Å². The zero-order valence-electron chi connectivity index (χ0n) is 17.0. The van der Waals surface area contributed by atoms with E-state index < -0.39 is 11.8 Å². The number of carbonyl (C=O) groups excluding carboxylic acids is 1. The maximum atomic E-state index is 14.0. The molecule has 0 aliphatic carbocycles. The van der Waals surface area contributed by atoms with Crippen LogP contribution >= 0.6 is 0 Å². The lowest BCUT2D eigenvalue weighted by Crippen LogP contribution is -2.06. The molecule has 0 spiro atoms. The Hall–Kier alpha value is -4.07. The minimum atomic E-state index is -0.646. The van der Waals surface area contributed by atoms with Crippen molar-refractivity contribution in [3.05, 3.63) is 71.4 Å². The molecule has 8 heteroatoms. The topological polar surface area (TPSA) is 79.5 Å². The Morgan fingerprint density at radius 1 is 0.968 bits per heavy atom. The van der Waals surface area contributed by atoms with Gasteiger partial charge in [0.1, 0.15) is 17.3 Å². The largest absolute Gasteiger partial charge is 0.493 e. The fourth-order valence-corrected chi connectivity index (χ4v) is 3.11. The van der Waals surface area contributed by atoms with Crippen LogP contribution in [-0.4, -0.2) is 33.2 Å². The van der Waals surface area contributed by atoms with Crippen molar-refractivity contribution < 1.29 is 32.5 Å². The second kappa shape index (κ2) is 8.35. The molecule has 31 heavy (non-hydrogen) atoms. The van der Waals surface area contributed by atoms with Gasteiger partial charge in [0, 0.05) is 11.6 Å². The van der Waals surface area contributed by atoms with Crippen molar-refractivity contribution in [1.29, 1.82) is 0 Å². The number of ether oxygens (including phenoxy) is 4. The Morgan fingerprint density at radius 3 is 2.32 bits per heavy atom. The zero-order chi connectivity index (χ0) is 22.0. The van der Waals surface area contributed by atoms with Crippen LogP contribution in [0.1, 0.15) is 11.3 Å². The van der Waals surface area contributed by atoms with E-state index in [2.05, 4.69) is 4.99 Å². The number of carbonyl (C=O) groups is 1. The first kappa shape index (κ1) is 20.2. The van der Waals surface area contributed by atoms with E-state index in [9.17, 15) is 9.18 Å². The lowest BCUT2D eigenvalue weighted by Gasteiger charge is -2.13. The highest BCUT2D eigenvalue weighted by Gasteiger charge is 2.27. The van der Waals surface area contributed by atoms with Crippen LogP contribution in [0, 0.1) is 5.82 Å². The summed E-state index contributed by atoms with van der Waals surface area (Å²) in [7, 11) is 4.46. The van der Waals surface area contributed by atoms with Crippen molar-refractivity contribution >= 4 is 17.9 Å². The first-order valence-corrected chi connectivity index (χ1v) is 9.21. The minimum Gasteiger partial charge on any atom is -0.493 e. The Bertz CT molecular complexity index is 1190. The third-order valence-corrected chi connectivity index (χ3v) is 4.58. The van der Waals surface area contributed by atoms with Crippen molar-refractivity contribution in [1.82, 2.24) is 0 Å². The summed E-state index contributed by atoms with van der Waals surface area (Å²) in [5.74, 6) is 0.904. The number of aliphatic imine (C=N–C) groups is 1. The number of furan rings is 1. The third kappa shape index (κ3) is 3.87. The van der Waals surface area contributed by atoms with E-state index in [0.717, 1.165) is 0 Å². The van der Waals surface area contributed by atoms with Gasteiger partial charge in [-0.25, -0.2) is 14.2 Å².